The molecule has 7 heteroatoms. The normalized spacial score (nSPS) is 24.3. The van der Waals surface area contributed by atoms with Gasteiger partial charge >= 0.3 is 12.3 Å². The zero-order valence-electron chi connectivity index (χ0n) is 18.9. The third-order valence-electron chi connectivity index (χ3n) is 6.11. The fraction of sp³-hybridized carbons (Fsp3) is 0.400. The van der Waals surface area contributed by atoms with Crippen LogP contribution in [0.25, 0.3) is 0 Å². The van der Waals surface area contributed by atoms with Crippen LogP contribution in [0.15, 0.2) is 64.3 Å². The van der Waals surface area contributed by atoms with Gasteiger partial charge in [-0.05, 0) is 48.4 Å². The van der Waals surface area contributed by atoms with Crippen molar-refractivity contribution in [1.29, 1.82) is 0 Å². The number of nitrogens with one attached hydrogen (secondary N) is 1. The Kier molecular flexibility index (Phi) is 6.10. The molecule has 3 aliphatic rings. The van der Waals surface area contributed by atoms with E-state index >= 15 is 0 Å². The van der Waals surface area contributed by atoms with Crippen LogP contribution in [-0.4, -0.2) is 42.8 Å². The Morgan fingerprint density at radius 3 is 2.69 bits per heavy atom. The second-order valence-electron chi connectivity index (χ2n) is 9.47. The lowest BCUT2D eigenvalue weighted by molar-refractivity contribution is -0.749. The third kappa shape index (κ3) is 4.57. The number of ether oxygens (including phenoxy) is 1. The van der Waals surface area contributed by atoms with E-state index < -0.39 is 11.9 Å². The number of quaternary nitrogens is 1. The van der Waals surface area contributed by atoms with Gasteiger partial charge in [0.25, 0.3) is 0 Å². The van der Waals surface area contributed by atoms with Gasteiger partial charge in [-0.25, -0.2) is 9.69 Å². The van der Waals surface area contributed by atoms with Crippen molar-refractivity contribution in [3.8, 4) is 0 Å². The van der Waals surface area contributed by atoms with Crippen LogP contribution in [0.5, 0.6) is 0 Å². The maximum atomic E-state index is 13.3. The number of nitrogens with zero attached hydrogens (tertiary/aromatic N) is 2. The molecule has 0 fully saturated rings. The van der Waals surface area contributed by atoms with Crippen LogP contribution in [0.4, 0.5) is 0 Å². The van der Waals surface area contributed by atoms with E-state index in [0.29, 0.717) is 41.3 Å². The standard InChI is InChI=1S/C25H28ClN3O3/c1-16-21(24(31)32-12-11-29-10-9-28(4)15-29)22(17-5-7-18(26)8-6-17)23-19(27-16)13-25(2,3)14-20(23)30/h5-10,15,22H,11-14H2,1-4H3/p+1. The smallest absolute Gasteiger partial charge is 0.337 e. The first-order valence-electron chi connectivity index (χ1n) is 10.9. The van der Waals surface area contributed by atoms with Crippen LogP contribution in [0.3, 0.4) is 0 Å². The summed E-state index contributed by atoms with van der Waals surface area (Å²) in [4.78, 5) is 19.1. The molecule has 0 aromatic heterocycles. The molecule has 168 valence electrons. The second-order valence-corrected chi connectivity index (χ2v) is 9.90. The summed E-state index contributed by atoms with van der Waals surface area (Å²) in [5.41, 5.74) is 3.14. The van der Waals surface area contributed by atoms with Gasteiger partial charge in [0.2, 0.25) is 6.20 Å². The van der Waals surface area contributed by atoms with Gasteiger partial charge in [-0.1, -0.05) is 37.6 Å². The molecule has 0 saturated carbocycles. The average Bonchev–Trinajstić information content (AvgIpc) is 3.11. The molecule has 6 nitrogen and oxygen atoms in total. The quantitative estimate of drug-likeness (QED) is 0.547. The summed E-state index contributed by atoms with van der Waals surface area (Å²) >= 11 is 6.11. The zero-order chi connectivity index (χ0) is 23.0. The van der Waals surface area contributed by atoms with Gasteiger partial charge in [-0.2, -0.15) is 4.58 Å². The Morgan fingerprint density at radius 1 is 1.31 bits per heavy atom. The van der Waals surface area contributed by atoms with Gasteiger partial charge in [-0.15, -0.1) is 5.76 Å². The lowest BCUT2D eigenvalue weighted by Gasteiger charge is -2.42. The van der Waals surface area contributed by atoms with Gasteiger partial charge in [0.15, 0.2) is 6.20 Å². The average molecular weight is 455 g/mol. The van der Waals surface area contributed by atoms with Gasteiger partial charge in [-0.3, -0.25) is 4.99 Å². The number of rotatable bonds is 5. The number of allylic oxidation sites excluding steroid dienone is 3. The highest BCUT2D eigenvalue weighted by Gasteiger charge is 2.39. The Labute approximate surface area is 193 Å². The number of fused-ring (bicyclic) bond motifs is 1. The van der Waals surface area contributed by atoms with E-state index in [2.05, 4.69) is 13.8 Å². The largest absolute Gasteiger partial charge is 0.875 e. The van der Waals surface area contributed by atoms with Crippen LogP contribution < -0.4 is 10.0 Å². The fourth-order valence-electron chi connectivity index (χ4n) is 4.65. The molecule has 32 heavy (non-hydrogen) atoms. The molecular formula is C25H29ClN3O3+. The number of carbonyl (C=O) groups is 1. The summed E-state index contributed by atoms with van der Waals surface area (Å²) in [7, 11) is 1.96. The predicted octanol–water partition coefficient (Wildman–Crippen LogP) is 2.17. The van der Waals surface area contributed by atoms with Crippen molar-refractivity contribution in [3.63, 3.8) is 0 Å². The van der Waals surface area contributed by atoms with Crippen molar-refractivity contribution < 1.29 is 24.1 Å². The molecule has 0 spiro atoms. The molecule has 0 saturated heterocycles. The van der Waals surface area contributed by atoms with Gasteiger partial charge < -0.3 is 9.84 Å². The number of halogens is 1. The minimum Gasteiger partial charge on any atom is -0.875 e. The second kappa shape index (κ2) is 8.68. The van der Waals surface area contributed by atoms with Gasteiger partial charge in [0.1, 0.15) is 20.2 Å². The van der Waals surface area contributed by atoms with Crippen molar-refractivity contribution in [2.45, 2.75) is 39.5 Å². The number of hydrogen-bond acceptors (Lipinski definition) is 4. The van der Waals surface area contributed by atoms with Crippen LogP contribution in [0, 0.1) is 5.41 Å². The fourth-order valence-corrected chi connectivity index (χ4v) is 4.77. The topological polar surface area (TPSA) is 69.2 Å². The van der Waals surface area contributed by atoms with Gasteiger partial charge in [0.05, 0.1) is 5.57 Å². The molecule has 2 atom stereocenters. The molecule has 0 radical (unpaired) electrons. The van der Waals surface area contributed by atoms with Gasteiger partial charge in [0, 0.05) is 22.3 Å². The van der Waals surface area contributed by atoms with Crippen molar-refractivity contribution in [2.24, 2.45) is 10.4 Å². The molecule has 1 aliphatic carbocycles. The highest BCUT2D eigenvalue weighted by atomic mass is 35.5. The minimum absolute atomic E-state index is 0.0436. The molecular weight excluding hydrogens is 426 g/mol. The van der Waals surface area contributed by atoms with Crippen molar-refractivity contribution in [3.05, 3.63) is 69.9 Å². The summed E-state index contributed by atoms with van der Waals surface area (Å²) in [5.74, 6) is -0.874. The van der Waals surface area contributed by atoms with Crippen LogP contribution >= 0.6 is 11.6 Å². The van der Waals surface area contributed by atoms with Crippen LogP contribution in [-0.2, 0) is 9.53 Å². The number of esters is 1. The van der Waals surface area contributed by atoms with E-state index in [9.17, 15) is 9.90 Å². The Morgan fingerprint density at radius 2 is 2.03 bits per heavy atom. The summed E-state index contributed by atoms with van der Waals surface area (Å²) < 4.78 is 7.63. The zero-order valence-corrected chi connectivity index (χ0v) is 19.7. The van der Waals surface area contributed by atoms with Crippen molar-refractivity contribution >= 4 is 29.6 Å². The van der Waals surface area contributed by atoms with E-state index in [1.54, 1.807) is 12.1 Å². The highest BCUT2D eigenvalue weighted by Crippen LogP contribution is 2.46. The number of carbonyl (C=O) groups excluding carboxylic acids is 1. The van der Waals surface area contributed by atoms with Crippen molar-refractivity contribution in [2.75, 3.05) is 20.2 Å². The van der Waals surface area contributed by atoms with E-state index in [0.717, 1.165) is 16.2 Å². The molecule has 2 unspecified atom stereocenters. The molecule has 1 N–H and O–H groups in total. The van der Waals surface area contributed by atoms with E-state index in [1.807, 2.05) is 49.4 Å². The Bertz CT molecular complexity index is 1090. The first kappa shape index (κ1) is 22.5. The Balaban J connectivity index is 1.67. The summed E-state index contributed by atoms with van der Waals surface area (Å²) in [6, 6.07) is 7.32. The highest BCUT2D eigenvalue weighted by molar-refractivity contribution is 6.30. The lowest BCUT2D eigenvalue weighted by Crippen LogP contribution is -3.06. The molecule has 1 aromatic rings. The van der Waals surface area contributed by atoms with E-state index in [4.69, 9.17) is 21.3 Å². The predicted molar refractivity (Wildman–Crippen MR) is 123 cm³/mol. The molecule has 4 rings (SSSR count). The van der Waals surface area contributed by atoms with Crippen LogP contribution in [0.1, 0.15) is 45.1 Å². The first-order valence-corrected chi connectivity index (χ1v) is 11.2. The van der Waals surface area contributed by atoms with Crippen LogP contribution in [0.2, 0.25) is 5.02 Å². The summed E-state index contributed by atoms with van der Waals surface area (Å²) in [5, 5.41) is 13.9. The third-order valence-corrected chi connectivity index (χ3v) is 6.36. The minimum atomic E-state index is -0.493. The maximum Gasteiger partial charge on any atom is 0.337 e. The molecule has 2 aliphatic heterocycles. The molecule has 1 aromatic carbocycles. The number of benzene rings is 1. The molecule has 0 bridgehead atoms. The van der Waals surface area contributed by atoms with E-state index in [1.165, 1.54) is 0 Å². The lowest BCUT2D eigenvalue weighted by atomic mass is 9.69. The monoisotopic (exact) mass is 454 g/mol. The first-order chi connectivity index (χ1) is 15.1. The SMILES string of the molecule is CC1=C(C(=O)OCC[NH+]2C=C[N+](C)=C2)C(c2ccc(Cl)cc2)C2=C([O-])CC(C)(C)CC2=N1. The summed E-state index contributed by atoms with van der Waals surface area (Å²) in [6.07, 6.45) is 7.10. The molecule has 0 amide bonds. The number of aliphatic imine (C=N–C) groups is 1. The molecule has 2 heterocycles. The van der Waals surface area contributed by atoms with Crippen molar-refractivity contribution in [1.82, 2.24) is 0 Å². The maximum absolute atomic E-state index is 13.3. The Hall–Kier alpha value is -2.70. The van der Waals surface area contributed by atoms with E-state index in [-0.39, 0.29) is 17.8 Å². The number of hydrogen-bond donors (Lipinski definition) is 1. The summed E-state index contributed by atoms with van der Waals surface area (Å²) in [6.45, 7) is 6.87.